The maximum absolute atomic E-state index is 13.6. The van der Waals surface area contributed by atoms with Crippen molar-refractivity contribution in [3.05, 3.63) is 125 Å². The first-order valence-electron chi connectivity index (χ1n) is 17.8. The molecule has 0 fully saturated rings. The van der Waals surface area contributed by atoms with Crippen molar-refractivity contribution in [3.8, 4) is 11.5 Å². The fraction of sp³-hybridized carbons (Fsp3) is 0.422. The van der Waals surface area contributed by atoms with Crippen LogP contribution < -0.4 is 9.47 Å². The number of rotatable bonds is 6. The van der Waals surface area contributed by atoms with Gasteiger partial charge in [0.25, 0.3) is 0 Å². The van der Waals surface area contributed by atoms with E-state index in [-0.39, 0.29) is 53.2 Å². The van der Waals surface area contributed by atoms with Gasteiger partial charge in [0.2, 0.25) is 0 Å². The van der Waals surface area contributed by atoms with Gasteiger partial charge in [-0.15, -0.1) is 0 Å². The smallest absolute Gasteiger partial charge is 0.343 e. The van der Waals surface area contributed by atoms with Crippen molar-refractivity contribution in [3.63, 3.8) is 0 Å². The summed E-state index contributed by atoms with van der Waals surface area (Å²) in [4.78, 5) is 27.1. The first-order valence-corrected chi connectivity index (χ1v) is 19.3. The molecule has 0 spiro atoms. The number of hydrogen-bond donors (Lipinski definition) is 0. The molecule has 0 unspecified atom stereocenters. The van der Waals surface area contributed by atoms with Crippen LogP contribution in [0.25, 0.3) is 0 Å². The number of esters is 2. The minimum atomic E-state index is -0.725. The number of halogens is 4. The molecule has 0 aliphatic carbocycles. The van der Waals surface area contributed by atoms with Crippen molar-refractivity contribution in [2.24, 2.45) is 0 Å². The molecule has 4 rings (SSSR count). The van der Waals surface area contributed by atoms with E-state index >= 15 is 0 Å². The van der Waals surface area contributed by atoms with E-state index in [4.69, 9.17) is 55.9 Å². The molecule has 53 heavy (non-hydrogen) atoms. The molecule has 0 N–H and O–H groups in total. The zero-order valence-electron chi connectivity index (χ0n) is 33.4. The van der Waals surface area contributed by atoms with Crippen LogP contribution >= 0.6 is 46.4 Å². The Morgan fingerprint density at radius 1 is 0.377 bits per heavy atom. The summed E-state index contributed by atoms with van der Waals surface area (Å²) in [5.74, 6) is -0.971. The van der Waals surface area contributed by atoms with Gasteiger partial charge in [0.15, 0.2) is 11.5 Å². The van der Waals surface area contributed by atoms with E-state index < -0.39 is 17.4 Å². The summed E-state index contributed by atoms with van der Waals surface area (Å²) >= 11 is 27.1. The monoisotopic (exact) mass is 796 g/mol. The molecule has 0 heterocycles. The molecular formula is C45H52Cl4O4. The average Bonchev–Trinajstić information content (AvgIpc) is 3.01. The molecule has 284 valence electrons. The Labute approximate surface area is 336 Å². The Balaban J connectivity index is 1.65. The van der Waals surface area contributed by atoms with Crippen molar-refractivity contribution in [2.45, 2.75) is 124 Å². The molecule has 0 aromatic heterocycles. The zero-order valence-corrected chi connectivity index (χ0v) is 36.4. The van der Waals surface area contributed by atoms with Gasteiger partial charge in [-0.25, -0.2) is 9.59 Å². The van der Waals surface area contributed by atoms with Gasteiger partial charge in [-0.1, -0.05) is 155 Å². The molecule has 0 aliphatic heterocycles. The lowest BCUT2D eigenvalue weighted by Crippen LogP contribution is -2.21. The van der Waals surface area contributed by atoms with E-state index in [2.05, 4.69) is 95.2 Å². The fourth-order valence-electron chi connectivity index (χ4n) is 5.73. The Kier molecular flexibility index (Phi) is 12.0. The van der Waals surface area contributed by atoms with E-state index in [1.54, 1.807) is 24.3 Å². The van der Waals surface area contributed by atoms with Crippen LogP contribution in [0.2, 0.25) is 20.1 Å². The van der Waals surface area contributed by atoms with Crippen LogP contribution in [0.15, 0.2) is 60.7 Å². The minimum absolute atomic E-state index is 0.0693. The summed E-state index contributed by atoms with van der Waals surface area (Å²) in [5, 5.41) is 0.692. The van der Waals surface area contributed by atoms with E-state index in [9.17, 15) is 9.59 Å². The van der Waals surface area contributed by atoms with Crippen LogP contribution in [-0.4, -0.2) is 11.9 Å². The third kappa shape index (κ3) is 9.81. The highest BCUT2D eigenvalue weighted by atomic mass is 35.5. The van der Waals surface area contributed by atoms with Crippen molar-refractivity contribution < 1.29 is 19.1 Å². The van der Waals surface area contributed by atoms with Crippen LogP contribution in [-0.2, 0) is 27.1 Å². The Morgan fingerprint density at radius 3 is 0.811 bits per heavy atom. The molecule has 0 amide bonds. The number of benzene rings is 4. The quantitative estimate of drug-likeness (QED) is 0.144. The molecular weight excluding hydrogens is 746 g/mol. The van der Waals surface area contributed by atoms with Gasteiger partial charge in [-0.3, -0.25) is 0 Å². The molecule has 0 aliphatic rings. The van der Waals surface area contributed by atoms with E-state index in [1.807, 2.05) is 38.1 Å². The van der Waals surface area contributed by atoms with Gasteiger partial charge < -0.3 is 9.47 Å². The van der Waals surface area contributed by atoms with E-state index in [0.717, 1.165) is 33.4 Å². The summed E-state index contributed by atoms with van der Waals surface area (Å²) in [5.41, 5.74) is 4.92. The van der Waals surface area contributed by atoms with Crippen LogP contribution in [0.5, 0.6) is 11.5 Å². The topological polar surface area (TPSA) is 52.6 Å². The highest BCUT2D eigenvalue weighted by Crippen LogP contribution is 2.44. The van der Waals surface area contributed by atoms with E-state index in [1.165, 1.54) is 0 Å². The number of ether oxygens (including phenoxy) is 2. The predicted molar refractivity (Wildman–Crippen MR) is 223 cm³/mol. The zero-order chi connectivity index (χ0) is 40.2. The van der Waals surface area contributed by atoms with Crippen LogP contribution in [0.4, 0.5) is 0 Å². The Bertz CT molecular complexity index is 1810. The van der Waals surface area contributed by atoms with Crippen molar-refractivity contribution in [2.75, 3.05) is 0 Å². The number of carbonyl (C=O) groups excluding carboxylic acids is 2. The van der Waals surface area contributed by atoms with Crippen LogP contribution in [0.3, 0.4) is 0 Å². The van der Waals surface area contributed by atoms with E-state index in [0.29, 0.717) is 11.1 Å². The van der Waals surface area contributed by atoms with Crippen molar-refractivity contribution >= 4 is 58.3 Å². The summed E-state index contributed by atoms with van der Waals surface area (Å²) in [6, 6.07) is 18.6. The standard InChI is InChI=1S/C45H52Cl4O4/c1-41(2,3)27-15-25(16-28(19-27)42(4,5)6)39(50)52-37-33(46)21-31(22-34(37)47)45(13,14)32-23-35(48)38(36(49)24-32)53-40(51)26-17-29(43(7,8)9)20-30(18-26)44(10,11)12/h15-24H,1-14H3. The minimum Gasteiger partial charge on any atom is -0.420 e. The van der Waals surface area contributed by atoms with Crippen molar-refractivity contribution in [1.82, 2.24) is 0 Å². The molecule has 0 radical (unpaired) electrons. The third-order valence-corrected chi connectivity index (χ3v) is 10.8. The lowest BCUT2D eigenvalue weighted by atomic mass is 9.78. The average molecular weight is 799 g/mol. The SMILES string of the molecule is CC(C)(C)c1cc(C(=O)Oc2c(Cl)cc(C(C)(C)c3cc(Cl)c(OC(=O)c4cc(C(C)(C)C)cc(C(C)(C)C)c4)c(Cl)c3)cc2Cl)cc(C(C)(C)C)c1. The van der Waals surface area contributed by atoms with Crippen LogP contribution in [0, 0.1) is 0 Å². The summed E-state index contributed by atoms with van der Waals surface area (Å²) in [6.07, 6.45) is 0. The molecule has 8 heteroatoms. The third-order valence-electron chi connectivity index (χ3n) is 9.63. The van der Waals surface area contributed by atoms with Gasteiger partial charge in [0.05, 0.1) is 31.2 Å². The van der Waals surface area contributed by atoms with Gasteiger partial charge in [0.1, 0.15) is 0 Å². The predicted octanol–water partition coefficient (Wildman–Crippen LogP) is 14.3. The van der Waals surface area contributed by atoms with Gasteiger partial charge >= 0.3 is 11.9 Å². The summed E-state index contributed by atoms with van der Waals surface area (Å²) in [7, 11) is 0. The second-order valence-electron chi connectivity index (χ2n) is 18.5. The molecule has 0 bridgehead atoms. The number of carbonyl (C=O) groups is 2. The van der Waals surface area contributed by atoms with Gasteiger partial charge in [-0.2, -0.15) is 0 Å². The Hall–Kier alpha value is -3.02. The molecule has 0 atom stereocenters. The molecule has 4 aromatic carbocycles. The second kappa shape index (κ2) is 14.9. The first-order chi connectivity index (χ1) is 24.0. The molecule has 0 saturated carbocycles. The second-order valence-corrected chi connectivity index (χ2v) is 20.2. The normalized spacial score (nSPS) is 12.9. The van der Waals surface area contributed by atoms with Gasteiger partial charge in [-0.05, 0) is 104 Å². The largest absolute Gasteiger partial charge is 0.420 e. The molecule has 4 aromatic rings. The highest BCUT2D eigenvalue weighted by molar-refractivity contribution is 6.38. The molecule has 0 saturated heterocycles. The maximum Gasteiger partial charge on any atom is 0.343 e. The highest BCUT2D eigenvalue weighted by Gasteiger charge is 2.30. The maximum atomic E-state index is 13.6. The molecule has 4 nitrogen and oxygen atoms in total. The first kappa shape index (κ1) is 42.7. The van der Waals surface area contributed by atoms with Crippen molar-refractivity contribution in [1.29, 1.82) is 0 Å². The lowest BCUT2D eigenvalue weighted by Gasteiger charge is -2.28. The lowest BCUT2D eigenvalue weighted by molar-refractivity contribution is 0.0725. The van der Waals surface area contributed by atoms with Gasteiger partial charge in [0, 0.05) is 5.41 Å². The summed E-state index contributed by atoms with van der Waals surface area (Å²) in [6.45, 7) is 29.2. The number of hydrogen-bond acceptors (Lipinski definition) is 4. The Morgan fingerprint density at radius 2 is 0.604 bits per heavy atom. The summed E-state index contributed by atoms with van der Waals surface area (Å²) < 4.78 is 11.7. The van der Waals surface area contributed by atoms with Crippen LogP contribution in [0.1, 0.15) is 151 Å². The fourth-order valence-corrected chi connectivity index (χ4v) is 6.86.